The first-order chi connectivity index (χ1) is 22.7. The van der Waals surface area contributed by atoms with E-state index in [1.165, 1.54) is 18.6 Å². The molecule has 11 nitrogen and oxygen atoms in total. The molecule has 48 heavy (non-hydrogen) atoms. The zero-order chi connectivity index (χ0) is 36.1. The van der Waals surface area contributed by atoms with Gasteiger partial charge in [-0.05, 0) is 89.0 Å². The van der Waals surface area contributed by atoms with Gasteiger partial charge in [0.1, 0.15) is 12.2 Å². The average molecular weight is 678 g/mol. The van der Waals surface area contributed by atoms with Crippen LogP contribution in [0.2, 0.25) is 0 Å². The van der Waals surface area contributed by atoms with Crippen molar-refractivity contribution in [2.45, 2.75) is 168 Å². The third kappa shape index (κ3) is 18.1. The molecule has 0 aromatic carbocycles. The van der Waals surface area contributed by atoms with Crippen molar-refractivity contribution in [3.63, 3.8) is 0 Å². The van der Waals surface area contributed by atoms with Gasteiger partial charge in [-0.3, -0.25) is 19.4 Å². The van der Waals surface area contributed by atoms with E-state index < -0.39 is 18.3 Å². The monoisotopic (exact) mass is 678 g/mol. The number of amides is 2. The van der Waals surface area contributed by atoms with Crippen molar-refractivity contribution < 1.29 is 29.3 Å². The fourth-order valence-corrected chi connectivity index (χ4v) is 5.84. The van der Waals surface area contributed by atoms with Gasteiger partial charge in [0.2, 0.25) is 11.8 Å². The van der Waals surface area contributed by atoms with Crippen LogP contribution in [0.3, 0.4) is 0 Å². The van der Waals surface area contributed by atoms with Crippen LogP contribution in [0.25, 0.3) is 0 Å². The molecule has 0 aromatic heterocycles. The second-order valence-corrected chi connectivity index (χ2v) is 14.2. The van der Waals surface area contributed by atoms with E-state index in [2.05, 4.69) is 36.4 Å². The number of aliphatic imine (C=N–C) groups is 1. The predicted octanol–water partition coefficient (Wildman–Crippen LogP) is 4.58. The SMILES string of the molecule is CCCC[C@H](CC(O)C(C)(C)CCCC(NC(=O)C(O)CC)C1CCC1)OC(C)C(=O)/C=C/C=C/C(=O)N[C@H](C)CCCCN=C(N)N. The van der Waals surface area contributed by atoms with E-state index in [0.717, 1.165) is 70.6 Å². The molecule has 0 aromatic rings. The van der Waals surface area contributed by atoms with Crippen molar-refractivity contribution in [1.82, 2.24) is 10.6 Å². The lowest BCUT2D eigenvalue weighted by molar-refractivity contribution is -0.131. The number of guanidine groups is 1. The number of nitrogens with one attached hydrogen (secondary N) is 2. The molecule has 0 radical (unpaired) electrons. The van der Waals surface area contributed by atoms with Gasteiger partial charge in [-0.1, -0.05) is 65.5 Å². The van der Waals surface area contributed by atoms with Gasteiger partial charge in [0.05, 0.1) is 12.2 Å². The van der Waals surface area contributed by atoms with Crippen LogP contribution >= 0.6 is 0 Å². The Bertz CT molecular complexity index is 1040. The van der Waals surface area contributed by atoms with E-state index in [-0.39, 0.29) is 47.2 Å². The molecule has 11 heteroatoms. The van der Waals surface area contributed by atoms with Gasteiger partial charge in [0.15, 0.2) is 11.7 Å². The van der Waals surface area contributed by atoms with Gasteiger partial charge in [-0.15, -0.1) is 0 Å². The molecule has 0 heterocycles. The summed E-state index contributed by atoms with van der Waals surface area (Å²) in [6.45, 7) is 12.2. The third-order valence-corrected chi connectivity index (χ3v) is 9.48. The number of carbonyl (C=O) groups excluding carboxylic acids is 3. The number of hydrogen-bond acceptors (Lipinski definition) is 7. The van der Waals surface area contributed by atoms with Crippen LogP contribution < -0.4 is 22.1 Å². The summed E-state index contributed by atoms with van der Waals surface area (Å²) in [5.41, 5.74) is 10.3. The standard InChI is InChI=1S/C37H67N5O6/c1-7-9-19-29(25-33(45)37(5,6)23-15-20-30(28-17-14-18-28)42-35(47)31(43)8-2)48-27(4)32(44)21-10-11-22-34(46)41-26(3)16-12-13-24-40-36(38)39/h10-11,21-22,26-31,33,43,45H,7-9,12-20,23-25H2,1-6H3,(H,41,46)(H,42,47)(H4,38,39,40)/b21-10+,22-11+/t26-,27?,29-,30?,31?,33?/m1/s1. The van der Waals surface area contributed by atoms with Gasteiger partial charge in [-0.25, -0.2) is 0 Å². The van der Waals surface area contributed by atoms with Crippen molar-refractivity contribution in [3.8, 4) is 0 Å². The molecule has 1 aliphatic carbocycles. The van der Waals surface area contributed by atoms with Crippen molar-refractivity contribution in [2.75, 3.05) is 6.54 Å². The van der Waals surface area contributed by atoms with Crippen LogP contribution in [-0.2, 0) is 19.1 Å². The third-order valence-electron chi connectivity index (χ3n) is 9.48. The van der Waals surface area contributed by atoms with Crippen LogP contribution in [-0.4, -0.2) is 76.8 Å². The molecule has 0 bridgehead atoms. The number of ketones is 1. The number of ether oxygens (including phenoxy) is 1. The summed E-state index contributed by atoms with van der Waals surface area (Å²) in [6, 6.07) is 0.0469. The molecule has 1 saturated carbocycles. The topological polar surface area (TPSA) is 189 Å². The van der Waals surface area contributed by atoms with E-state index >= 15 is 0 Å². The maximum atomic E-state index is 12.8. The summed E-state index contributed by atoms with van der Waals surface area (Å²) in [4.78, 5) is 41.3. The molecule has 0 aliphatic heterocycles. The molecule has 1 aliphatic rings. The van der Waals surface area contributed by atoms with Gasteiger partial charge >= 0.3 is 0 Å². The Kier molecular flexibility index (Phi) is 21.2. The van der Waals surface area contributed by atoms with Gasteiger partial charge in [0, 0.05) is 31.1 Å². The molecule has 276 valence electrons. The zero-order valence-electron chi connectivity index (χ0n) is 30.6. The van der Waals surface area contributed by atoms with Crippen LogP contribution in [0.5, 0.6) is 0 Å². The Morgan fingerprint density at radius 2 is 1.65 bits per heavy atom. The number of nitrogens with two attached hydrogens (primary N) is 2. The van der Waals surface area contributed by atoms with Gasteiger partial charge < -0.3 is 37.1 Å². The fourth-order valence-electron chi connectivity index (χ4n) is 5.84. The maximum absolute atomic E-state index is 12.8. The molecule has 6 atom stereocenters. The number of rotatable bonds is 26. The van der Waals surface area contributed by atoms with Crippen LogP contribution in [0.15, 0.2) is 29.3 Å². The molecule has 1 fully saturated rings. The summed E-state index contributed by atoms with van der Waals surface area (Å²) in [7, 11) is 0. The quantitative estimate of drug-likeness (QED) is 0.0252. The highest BCUT2D eigenvalue weighted by molar-refractivity contribution is 5.94. The number of carbonyl (C=O) groups is 3. The number of aliphatic hydroxyl groups excluding tert-OH is 2. The summed E-state index contributed by atoms with van der Waals surface area (Å²) < 4.78 is 6.19. The normalized spacial score (nSPS) is 17.7. The Labute approximate surface area is 289 Å². The van der Waals surface area contributed by atoms with Crippen molar-refractivity contribution in [1.29, 1.82) is 0 Å². The second-order valence-electron chi connectivity index (χ2n) is 14.2. The Balaban J connectivity index is 2.59. The smallest absolute Gasteiger partial charge is 0.249 e. The lowest BCUT2D eigenvalue weighted by Gasteiger charge is -2.37. The van der Waals surface area contributed by atoms with E-state index in [4.69, 9.17) is 16.2 Å². The molecule has 4 unspecified atom stereocenters. The lowest BCUT2D eigenvalue weighted by atomic mass is 9.75. The summed E-state index contributed by atoms with van der Waals surface area (Å²) >= 11 is 0. The van der Waals surface area contributed by atoms with Gasteiger partial charge in [0.25, 0.3) is 0 Å². The lowest BCUT2D eigenvalue weighted by Crippen LogP contribution is -2.46. The maximum Gasteiger partial charge on any atom is 0.249 e. The first kappa shape index (κ1) is 43.3. The van der Waals surface area contributed by atoms with Gasteiger partial charge in [-0.2, -0.15) is 0 Å². The minimum absolute atomic E-state index is 0.00163. The van der Waals surface area contributed by atoms with Crippen LogP contribution in [0, 0.1) is 11.3 Å². The molecular formula is C37H67N5O6. The molecule has 2 amide bonds. The second kappa shape index (κ2) is 23.6. The average Bonchev–Trinajstić information content (AvgIpc) is 2.99. The molecule has 0 spiro atoms. The Morgan fingerprint density at radius 1 is 0.958 bits per heavy atom. The highest BCUT2D eigenvalue weighted by Gasteiger charge is 2.33. The number of hydrogen-bond donors (Lipinski definition) is 6. The van der Waals surface area contributed by atoms with E-state index in [0.29, 0.717) is 25.3 Å². The van der Waals surface area contributed by atoms with E-state index in [1.807, 2.05) is 6.92 Å². The summed E-state index contributed by atoms with van der Waals surface area (Å²) in [6.07, 6.45) is 15.1. The van der Waals surface area contributed by atoms with Crippen molar-refractivity contribution >= 4 is 23.6 Å². The highest BCUT2D eigenvalue weighted by atomic mass is 16.5. The van der Waals surface area contributed by atoms with Crippen LogP contribution in [0.1, 0.15) is 131 Å². The Hall–Kier alpha value is -2.76. The molecule has 8 N–H and O–H groups in total. The number of unbranched alkanes of at least 4 members (excludes halogenated alkanes) is 2. The highest BCUT2D eigenvalue weighted by Crippen LogP contribution is 2.35. The van der Waals surface area contributed by atoms with Crippen molar-refractivity contribution in [3.05, 3.63) is 24.3 Å². The fraction of sp³-hybridized carbons (Fsp3) is 0.784. The molecule has 1 rings (SSSR count). The van der Waals surface area contributed by atoms with Crippen LogP contribution in [0.4, 0.5) is 0 Å². The first-order valence-corrected chi connectivity index (χ1v) is 18.3. The molecular weight excluding hydrogens is 610 g/mol. The predicted molar refractivity (Wildman–Crippen MR) is 193 cm³/mol. The summed E-state index contributed by atoms with van der Waals surface area (Å²) in [5, 5.41) is 27.2. The number of aliphatic hydroxyl groups is 2. The first-order valence-electron chi connectivity index (χ1n) is 18.3. The molecule has 0 saturated heterocycles. The van der Waals surface area contributed by atoms with E-state index in [1.54, 1.807) is 26.0 Å². The minimum atomic E-state index is -0.974. The largest absolute Gasteiger partial charge is 0.392 e. The minimum Gasteiger partial charge on any atom is -0.392 e. The Morgan fingerprint density at radius 3 is 2.25 bits per heavy atom. The number of nitrogens with zero attached hydrogens (tertiary/aromatic N) is 1. The zero-order valence-corrected chi connectivity index (χ0v) is 30.6. The van der Waals surface area contributed by atoms with Crippen molar-refractivity contribution in [2.24, 2.45) is 27.8 Å². The van der Waals surface area contributed by atoms with E-state index in [9.17, 15) is 24.6 Å². The summed E-state index contributed by atoms with van der Waals surface area (Å²) in [5.74, 6) is -0.200. The number of allylic oxidation sites excluding steroid dienone is 2.